The lowest BCUT2D eigenvalue weighted by Crippen LogP contribution is -2.32. The van der Waals surface area contributed by atoms with Crippen LogP contribution in [-0.4, -0.2) is 37.8 Å². The number of aliphatic hydroxyl groups excluding tert-OH is 1. The first-order valence-electron chi connectivity index (χ1n) is 5.17. The zero-order valence-corrected chi connectivity index (χ0v) is 10.5. The first kappa shape index (κ1) is 13.3. The zero-order valence-electron chi connectivity index (χ0n) is 9.67. The third kappa shape index (κ3) is 2.87. The van der Waals surface area contributed by atoms with Gasteiger partial charge in [-0.05, 0) is 20.8 Å². The van der Waals surface area contributed by atoms with Crippen LogP contribution in [0.15, 0.2) is 9.95 Å². The normalized spacial score (nSPS) is 15.4. The van der Waals surface area contributed by atoms with Crippen molar-refractivity contribution in [2.75, 3.05) is 6.61 Å². The molecule has 0 aliphatic rings. The summed E-state index contributed by atoms with van der Waals surface area (Å²) in [4.78, 5) is 11.5. The van der Waals surface area contributed by atoms with E-state index in [-0.39, 0.29) is 29.6 Å². The van der Waals surface area contributed by atoms with E-state index < -0.39 is 0 Å². The van der Waals surface area contributed by atoms with Crippen LogP contribution < -0.4 is 11.4 Å². The molecule has 2 atom stereocenters. The minimum absolute atomic E-state index is 0.0289. The summed E-state index contributed by atoms with van der Waals surface area (Å²) in [6.45, 7) is 5.58. The van der Waals surface area contributed by atoms with Crippen LogP contribution >= 0.6 is 11.8 Å². The van der Waals surface area contributed by atoms with Crippen molar-refractivity contribution < 1.29 is 5.11 Å². The molecule has 1 aromatic heterocycles. The van der Waals surface area contributed by atoms with Crippen LogP contribution in [0.1, 0.15) is 26.8 Å². The van der Waals surface area contributed by atoms with E-state index in [1.807, 2.05) is 20.8 Å². The number of nitrogens with two attached hydrogens (primary N) is 1. The molecule has 0 spiro atoms. The number of nitrogens with zero attached hydrogens (tertiary/aromatic N) is 2. The van der Waals surface area contributed by atoms with Crippen molar-refractivity contribution in [2.45, 2.75) is 43.3 Å². The van der Waals surface area contributed by atoms with Crippen molar-refractivity contribution >= 4 is 11.8 Å². The second-order valence-corrected chi connectivity index (χ2v) is 5.18. The van der Waals surface area contributed by atoms with E-state index in [4.69, 9.17) is 10.8 Å². The molecule has 4 N–H and O–H groups in total. The number of aromatic amines is 1. The van der Waals surface area contributed by atoms with E-state index in [0.29, 0.717) is 5.16 Å². The molecule has 16 heavy (non-hydrogen) atoms. The standard InChI is InChI=1S/C9H18N4O2S/c1-5(2)13-8(15)11-12-9(13)16-7(4-14)6(3)10/h5-7,14H,4,10H2,1-3H3,(H,11,15). The Labute approximate surface area is 98.2 Å². The van der Waals surface area contributed by atoms with Gasteiger partial charge in [-0.15, -0.1) is 5.10 Å². The molecule has 1 heterocycles. The van der Waals surface area contributed by atoms with Gasteiger partial charge in [0.05, 0.1) is 11.9 Å². The highest BCUT2D eigenvalue weighted by atomic mass is 32.2. The molecule has 0 saturated carbocycles. The highest BCUT2D eigenvalue weighted by Crippen LogP contribution is 2.23. The number of hydrogen-bond acceptors (Lipinski definition) is 5. The van der Waals surface area contributed by atoms with Crippen molar-refractivity contribution in [1.29, 1.82) is 0 Å². The number of thioether (sulfide) groups is 1. The molecular weight excluding hydrogens is 228 g/mol. The van der Waals surface area contributed by atoms with E-state index in [1.54, 1.807) is 4.57 Å². The average Bonchev–Trinajstić information content (AvgIpc) is 2.55. The van der Waals surface area contributed by atoms with Gasteiger partial charge in [0.2, 0.25) is 0 Å². The predicted octanol–water partition coefficient (Wildman–Crippen LogP) is -0.0475. The third-order valence-corrected chi connectivity index (χ3v) is 3.59. The Kier molecular flexibility index (Phi) is 4.57. The van der Waals surface area contributed by atoms with E-state index in [1.165, 1.54) is 11.8 Å². The van der Waals surface area contributed by atoms with Gasteiger partial charge >= 0.3 is 5.69 Å². The Balaban J connectivity index is 2.92. The summed E-state index contributed by atoms with van der Waals surface area (Å²) in [5.74, 6) is 0. The summed E-state index contributed by atoms with van der Waals surface area (Å²) >= 11 is 1.32. The van der Waals surface area contributed by atoms with Gasteiger partial charge in [0.15, 0.2) is 5.16 Å². The van der Waals surface area contributed by atoms with E-state index >= 15 is 0 Å². The van der Waals surface area contributed by atoms with Crippen LogP contribution in [0.25, 0.3) is 0 Å². The van der Waals surface area contributed by atoms with Gasteiger partial charge < -0.3 is 10.8 Å². The summed E-state index contributed by atoms with van der Waals surface area (Å²) in [6.07, 6.45) is 0. The highest BCUT2D eigenvalue weighted by Gasteiger charge is 2.19. The summed E-state index contributed by atoms with van der Waals surface area (Å²) in [6, 6.07) is -0.136. The molecule has 1 aromatic rings. The van der Waals surface area contributed by atoms with Gasteiger partial charge in [-0.3, -0.25) is 4.57 Å². The van der Waals surface area contributed by atoms with Gasteiger partial charge in [0, 0.05) is 12.1 Å². The van der Waals surface area contributed by atoms with Crippen molar-refractivity contribution in [1.82, 2.24) is 14.8 Å². The maximum atomic E-state index is 11.5. The lowest BCUT2D eigenvalue weighted by Gasteiger charge is -2.17. The quantitative estimate of drug-likeness (QED) is 0.633. The Morgan fingerprint density at radius 2 is 2.19 bits per heavy atom. The SMILES string of the molecule is CC(N)C(CO)Sc1n[nH]c(=O)n1C(C)C. The van der Waals surface area contributed by atoms with Crippen LogP contribution in [0.3, 0.4) is 0 Å². The van der Waals surface area contributed by atoms with Crippen LogP contribution in [-0.2, 0) is 0 Å². The summed E-state index contributed by atoms with van der Waals surface area (Å²) in [7, 11) is 0. The molecular formula is C9H18N4O2S. The van der Waals surface area contributed by atoms with Crippen LogP contribution in [0.5, 0.6) is 0 Å². The second-order valence-electron chi connectivity index (χ2n) is 3.97. The largest absolute Gasteiger partial charge is 0.395 e. The fourth-order valence-electron chi connectivity index (χ4n) is 1.28. The van der Waals surface area contributed by atoms with E-state index in [2.05, 4.69) is 10.2 Å². The predicted molar refractivity (Wildman–Crippen MR) is 63.6 cm³/mol. The molecule has 92 valence electrons. The lowest BCUT2D eigenvalue weighted by molar-refractivity contribution is 0.285. The molecule has 0 aliphatic heterocycles. The molecule has 0 radical (unpaired) electrons. The maximum Gasteiger partial charge on any atom is 0.344 e. The van der Waals surface area contributed by atoms with Crippen molar-refractivity contribution in [3.8, 4) is 0 Å². The molecule has 6 nitrogen and oxygen atoms in total. The van der Waals surface area contributed by atoms with E-state index in [0.717, 1.165) is 0 Å². The molecule has 0 bridgehead atoms. The monoisotopic (exact) mass is 246 g/mol. The van der Waals surface area contributed by atoms with Gasteiger partial charge in [0.25, 0.3) is 0 Å². The highest BCUT2D eigenvalue weighted by molar-refractivity contribution is 7.99. The smallest absolute Gasteiger partial charge is 0.344 e. The van der Waals surface area contributed by atoms with Gasteiger partial charge in [0.1, 0.15) is 0 Å². The number of aromatic nitrogens is 3. The van der Waals surface area contributed by atoms with Crippen LogP contribution in [0.4, 0.5) is 0 Å². The van der Waals surface area contributed by atoms with Crippen molar-refractivity contribution in [3.05, 3.63) is 10.5 Å². The molecule has 0 fully saturated rings. The van der Waals surface area contributed by atoms with Crippen molar-refractivity contribution in [3.63, 3.8) is 0 Å². The number of rotatable bonds is 5. The Bertz CT molecular complexity index is 385. The van der Waals surface area contributed by atoms with Gasteiger partial charge in [-0.2, -0.15) is 0 Å². The molecule has 1 rings (SSSR count). The van der Waals surface area contributed by atoms with E-state index in [9.17, 15) is 4.79 Å². The maximum absolute atomic E-state index is 11.5. The summed E-state index contributed by atoms with van der Waals surface area (Å²) in [5, 5.41) is 15.9. The first-order valence-corrected chi connectivity index (χ1v) is 6.05. The van der Waals surface area contributed by atoms with Gasteiger partial charge in [-0.1, -0.05) is 11.8 Å². The van der Waals surface area contributed by atoms with Crippen LogP contribution in [0.2, 0.25) is 0 Å². The summed E-state index contributed by atoms with van der Waals surface area (Å²) in [5.41, 5.74) is 5.48. The molecule has 0 aliphatic carbocycles. The number of aliphatic hydroxyl groups is 1. The number of hydrogen-bond donors (Lipinski definition) is 3. The average molecular weight is 246 g/mol. The second kappa shape index (κ2) is 5.51. The summed E-state index contributed by atoms with van der Waals surface area (Å²) < 4.78 is 1.55. The molecule has 2 unspecified atom stereocenters. The molecule has 7 heteroatoms. The number of H-pyrrole nitrogens is 1. The van der Waals surface area contributed by atoms with Crippen molar-refractivity contribution in [2.24, 2.45) is 5.73 Å². The molecule has 0 amide bonds. The molecule has 0 aromatic carbocycles. The van der Waals surface area contributed by atoms with Crippen LogP contribution in [0, 0.1) is 0 Å². The Morgan fingerprint density at radius 3 is 2.62 bits per heavy atom. The Morgan fingerprint density at radius 1 is 1.56 bits per heavy atom. The Hall–Kier alpha value is -0.790. The number of nitrogens with one attached hydrogen (secondary N) is 1. The first-order chi connectivity index (χ1) is 7.47. The molecule has 0 saturated heterocycles. The fraction of sp³-hybridized carbons (Fsp3) is 0.778. The minimum atomic E-state index is -0.237. The third-order valence-electron chi connectivity index (χ3n) is 2.21. The fourth-order valence-corrected chi connectivity index (χ4v) is 2.34. The van der Waals surface area contributed by atoms with Gasteiger partial charge in [-0.25, -0.2) is 9.89 Å². The topological polar surface area (TPSA) is 96.9 Å². The lowest BCUT2D eigenvalue weighted by atomic mass is 10.3. The zero-order chi connectivity index (χ0) is 12.3. The minimum Gasteiger partial charge on any atom is -0.395 e.